The van der Waals surface area contributed by atoms with Gasteiger partial charge in [0.2, 0.25) is 11.8 Å². The number of aromatic nitrogens is 2. The third-order valence-electron chi connectivity index (χ3n) is 6.04. The SMILES string of the molecule is Cc1nn(C2CCS(=O)(=O)C2)c(C)c1N1CCN(C(=O)C2CCC(=O)N2)CC1. The van der Waals surface area contributed by atoms with Crippen molar-refractivity contribution in [1.82, 2.24) is 20.0 Å². The second kappa shape index (κ2) is 7.06. The van der Waals surface area contributed by atoms with Gasteiger partial charge in [-0.15, -0.1) is 0 Å². The van der Waals surface area contributed by atoms with Crippen molar-refractivity contribution in [3.63, 3.8) is 0 Å². The molecule has 0 radical (unpaired) electrons. The fourth-order valence-corrected chi connectivity index (χ4v) is 6.30. The molecule has 2 unspecified atom stereocenters. The second-order valence-electron chi connectivity index (χ2n) is 7.99. The summed E-state index contributed by atoms with van der Waals surface area (Å²) in [7, 11) is -2.97. The predicted octanol–water partition coefficient (Wildman–Crippen LogP) is -0.213. The summed E-state index contributed by atoms with van der Waals surface area (Å²) in [6.45, 7) is 6.55. The van der Waals surface area contributed by atoms with E-state index in [1.165, 1.54) is 0 Å². The lowest BCUT2D eigenvalue weighted by Crippen LogP contribution is -2.53. The Kier molecular flexibility index (Phi) is 4.84. The van der Waals surface area contributed by atoms with Crippen LogP contribution >= 0.6 is 0 Å². The summed E-state index contributed by atoms with van der Waals surface area (Å²) >= 11 is 0. The van der Waals surface area contributed by atoms with Gasteiger partial charge in [-0.05, 0) is 26.7 Å². The third-order valence-corrected chi connectivity index (χ3v) is 7.79. The van der Waals surface area contributed by atoms with Crippen molar-refractivity contribution in [2.75, 3.05) is 42.6 Å². The van der Waals surface area contributed by atoms with E-state index in [9.17, 15) is 18.0 Å². The largest absolute Gasteiger partial charge is 0.365 e. The van der Waals surface area contributed by atoms with Crippen molar-refractivity contribution in [2.24, 2.45) is 0 Å². The molecule has 1 N–H and O–H groups in total. The summed E-state index contributed by atoms with van der Waals surface area (Å²) in [4.78, 5) is 28.0. The molecule has 3 fully saturated rings. The van der Waals surface area contributed by atoms with Crippen LogP contribution in [0.1, 0.15) is 36.7 Å². The Morgan fingerprint density at radius 1 is 1.14 bits per heavy atom. The van der Waals surface area contributed by atoms with Crippen LogP contribution in [0.25, 0.3) is 0 Å². The number of piperazine rings is 1. The number of nitrogens with zero attached hydrogens (tertiary/aromatic N) is 4. The Labute approximate surface area is 165 Å². The standard InChI is InChI=1S/C18H27N5O4S/c1-12-17(13(2)23(20-12)14-5-10-28(26,27)11-14)21-6-8-22(9-7-21)18(25)15-3-4-16(24)19-15/h14-15H,3-11H2,1-2H3,(H,19,24). The van der Waals surface area contributed by atoms with Gasteiger partial charge in [0.1, 0.15) is 6.04 Å². The van der Waals surface area contributed by atoms with E-state index in [2.05, 4.69) is 15.3 Å². The van der Waals surface area contributed by atoms with E-state index < -0.39 is 9.84 Å². The maximum absolute atomic E-state index is 12.6. The average Bonchev–Trinajstić information content (AvgIpc) is 3.32. The Morgan fingerprint density at radius 2 is 1.86 bits per heavy atom. The number of amides is 2. The van der Waals surface area contributed by atoms with E-state index in [0.717, 1.165) is 17.1 Å². The smallest absolute Gasteiger partial charge is 0.245 e. The monoisotopic (exact) mass is 409 g/mol. The van der Waals surface area contributed by atoms with Crippen molar-refractivity contribution in [3.05, 3.63) is 11.4 Å². The van der Waals surface area contributed by atoms with Crippen molar-refractivity contribution in [1.29, 1.82) is 0 Å². The molecule has 3 saturated heterocycles. The number of carbonyl (C=O) groups is 2. The number of aryl methyl sites for hydroxylation is 1. The van der Waals surface area contributed by atoms with Crippen molar-refractivity contribution < 1.29 is 18.0 Å². The van der Waals surface area contributed by atoms with E-state index in [-0.39, 0.29) is 35.4 Å². The van der Waals surface area contributed by atoms with Crippen molar-refractivity contribution in [3.8, 4) is 0 Å². The van der Waals surface area contributed by atoms with Gasteiger partial charge in [-0.3, -0.25) is 14.3 Å². The minimum absolute atomic E-state index is 0.00537. The summed E-state index contributed by atoms with van der Waals surface area (Å²) in [6.07, 6.45) is 1.61. The fraction of sp³-hybridized carbons (Fsp3) is 0.722. The number of hydrogen-bond donors (Lipinski definition) is 1. The first-order valence-electron chi connectivity index (χ1n) is 9.84. The van der Waals surface area contributed by atoms with Gasteiger partial charge in [-0.1, -0.05) is 0 Å². The number of sulfone groups is 1. The van der Waals surface area contributed by atoms with Crippen LogP contribution in [-0.4, -0.2) is 78.6 Å². The minimum Gasteiger partial charge on any atom is -0.365 e. The zero-order chi connectivity index (χ0) is 20.1. The van der Waals surface area contributed by atoms with Gasteiger partial charge in [-0.25, -0.2) is 8.42 Å². The zero-order valence-electron chi connectivity index (χ0n) is 16.3. The quantitative estimate of drug-likeness (QED) is 0.741. The van der Waals surface area contributed by atoms with Crippen LogP contribution in [0.2, 0.25) is 0 Å². The number of carbonyl (C=O) groups excluding carboxylic acids is 2. The molecule has 0 aromatic carbocycles. The molecule has 0 saturated carbocycles. The molecule has 0 spiro atoms. The first-order chi connectivity index (χ1) is 13.2. The van der Waals surface area contributed by atoms with Gasteiger partial charge in [0.05, 0.1) is 34.6 Å². The highest BCUT2D eigenvalue weighted by atomic mass is 32.2. The molecule has 3 aliphatic rings. The number of rotatable bonds is 3. The molecule has 1 aromatic heterocycles. The number of anilines is 1. The molecule has 1 aromatic rings. The van der Waals surface area contributed by atoms with Gasteiger partial charge in [-0.2, -0.15) is 5.10 Å². The van der Waals surface area contributed by atoms with E-state index in [1.54, 1.807) is 0 Å². The molecular formula is C18H27N5O4S. The fourth-order valence-electron chi connectivity index (χ4n) is 4.61. The van der Waals surface area contributed by atoms with Crippen LogP contribution in [-0.2, 0) is 19.4 Å². The highest BCUT2D eigenvalue weighted by Gasteiger charge is 2.35. The Balaban J connectivity index is 1.44. The van der Waals surface area contributed by atoms with Gasteiger partial charge in [0.25, 0.3) is 0 Å². The van der Waals surface area contributed by atoms with Crippen LogP contribution in [0.5, 0.6) is 0 Å². The molecule has 0 aliphatic carbocycles. The molecule has 4 heterocycles. The first kappa shape index (κ1) is 19.2. The first-order valence-corrected chi connectivity index (χ1v) is 11.7. The van der Waals surface area contributed by atoms with Crippen LogP contribution in [0, 0.1) is 13.8 Å². The molecule has 9 nitrogen and oxygen atoms in total. The minimum atomic E-state index is -2.97. The van der Waals surface area contributed by atoms with Crippen LogP contribution < -0.4 is 10.2 Å². The predicted molar refractivity (Wildman–Crippen MR) is 104 cm³/mol. The normalized spacial score (nSPS) is 27.3. The number of nitrogens with one attached hydrogen (secondary N) is 1. The Morgan fingerprint density at radius 3 is 2.43 bits per heavy atom. The van der Waals surface area contributed by atoms with Crippen molar-refractivity contribution in [2.45, 2.75) is 45.2 Å². The van der Waals surface area contributed by atoms with Gasteiger partial charge in [0.15, 0.2) is 9.84 Å². The van der Waals surface area contributed by atoms with Crippen molar-refractivity contribution >= 4 is 27.3 Å². The molecule has 4 rings (SSSR count). The Bertz CT molecular complexity index is 901. The maximum atomic E-state index is 12.6. The number of hydrogen-bond acceptors (Lipinski definition) is 6. The van der Waals surface area contributed by atoms with E-state index in [0.29, 0.717) is 45.4 Å². The molecule has 0 bridgehead atoms. The zero-order valence-corrected chi connectivity index (χ0v) is 17.2. The molecule has 2 atom stereocenters. The van der Waals surface area contributed by atoms with Crippen LogP contribution in [0.3, 0.4) is 0 Å². The summed E-state index contributed by atoms with van der Waals surface area (Å²) in [5, 5.41) is 7.39. The van der Waals surface area contributed by atoms with Crippen LogP contribution in [0.15, 0.2) is 0 Å². The van der Waals surface area contributed by atoms with Gasteiger partial charge < -0.3 is 15.1 Å². The molecule has 3 aliphatic heterocycles. The molecular weight excluding hydrogens is 382 g/mol. The maximum Gasteiger partial charge on any atom is 0.245 e. The summed E-state index contributed by atoms with van der Waals surface area (Å²) in [5.74, 6) is 0.337. The Hall–Kier alpha value is -2.10. The molecule has 10 heteroatoms. The topological polar surface area (TPSA) is 105 Å². The lowest BCUT2D eigenvalue weighted by atomic mass is 10.1. The second-order valence-corrected chi connectivity index (χ2v) is 10.2. The van der Waals surface area contributed by atoms with Gasteiger partial charge >= 0.3 is 0 Å². The molecule has 154 valence electrons. The average molecular weight is 410 g/mol. The molecule has 2 amide bonds. The third kappa shape index (κ3) is 3.49. The lowest BCUT2D eigenvalue weighted by molar-refractivity contribution is -0.134. The summed E-state index contributed by atoms with van der Waals surface area (Å²) in [5.41, 5.74) is 2.93. The highest BCUT2D eigenvalue weighted by molar-refractivity contribution is 7.91. The van der Waals surface area contributed by atoms with Crippen LogP contribution in [0.4, 0.5) is 5.69 Å². The van der Waals surface area contributed by atoms with E-state index in [1.807, 2.05) is 23.4 Å². The summed E-state index contributed by atoms with van der Waals surface area (Å²) in [6, 6.07) is -0.471. The summed E-state index contributed by atoms with van der Waals surface area (Å²) < 4.78 is 25.5. The lowest BCUT2D eigenvalue weighted by Gasteiger charge is -2.37. The van der Waals surface area contributed by atoms with E-state index >= 15 is 0 Å². The molecule has 28 heavy (non-hydrogen) atoms. The van der Waals surface area contributed by atoms with E-state index in [4.69, 9.17) is 0 Å². The van der Waals surface area contributed by atoms with Gasteiger partial charge in [0, 0.05) is 32.6 Å². The highest BCUT2D eigenvalue weighted by Crippen LogP contribution is 2.31.